The molecule has 3 aromatic carbocycles. The Kier molecular flexibility index (Phi) is 6.82. The summed E-state index contributed by atoms with van der Waals surface area (Å²) in [6.07, 6.45) is -3.50. The van der Waals surface area contributed by atoms with E-state index in [1.165, 1.54) is 43.5 Å². The average Bonchev–Trinajstić information content (AvgIpc) is 2.73. The number of hydrogen-bond donors (Lipinski definition) is 3. The Bertz CT molecular complexity index is 1280. The van der Waals surface area contributed by atoms with E-state index in [2.05, 4.69) is 15.4 Å². The fourth-order valence-corrected chi connectivity index (χ4v) is 3.54. The van der Waals surface area contributed by atoms with Gasteiger partial charge in [0.2, 0.25) is 10.0 Å². The third-order valence-corrected chi connectivity index (χ3v) is 4.99. The van der Waals surface area contributed by atoms with Crippen molar-refractivity contribution < 1.29 is 31.1 Å². The Morgan fingerprint density at radius 1 is 0.909 bits per heavy atom. The molecule has 3 N–H and O–H groups in total. The van der Waals surface area contributed by atoms with Gasteiger partial charge in [-0.25, -0.2) is 8.42 Å². The van der Waals surface area contributed by atoms with Gasteiger partial charge in [-0.3, -0.25) is 9.52 Å². The number of methoxy groups -OCH3 is 1. The Morgan fingerprint density at radius 2 is 1.64 bits per heavy atom. The van der Waals surface area contributed by atoms with Crippen LogP contribution in [0.1, 0.15) is 15.9 Å². The number of para-hydroxylation sites is 1. The lowest BCUT2D eigenvalue weighted by molar-refractivity contribution is -0.137. The molecule has 7 nitrogen and oxygen atoms in total. The lowest BCUT2D eigenvalue weighted by atomic mass is 10.1. The fourth-order valence-electron chi connectivity index (χ4n) is 2.97. The smallest absolute Gasteiger partial charge is 0.416 e. The molecule has 0 atom stereocenters. The molecule has 11 heteroatoms. The summed E-state index contributed by atoms with van der Waals surface area (Å²) in [7, 11) is -2.18. The van der Waals surface area contributed by atoms with E-state index in [1.54, 1.807) is 18.2 Å². The van der Waals surface area contributed by atoms with Gasteiger partial charge in [-0.05, 0) is 42.5 Å². The molecule has 0 saturated heterocycles. The highest BCUT2D eigenvalue weighted by Crippen LogP contribution is 2.32. The second-order valence-corrected chi connectivity index (χ2v) is 8.74. The number of halogens is 3. The lowest BCUT2D eigenvalue weighted by Crippen LogP contribution is -2.15. The van der Waals surface area contributed by atoms with Crippen LogP contribution in [-0.4, -0.2) is 27.7 Å². The minimum atomic E-state index is -4.49. The third-order valence-electron chi connectivity index (χ3n) is 4.40. The van der Waals surface area contributed by atoms with Gasteiger partial charge in [0, 0.05) is 17.4 Å². The van der Waals surface area contributed by atoms with Crippen molar-refractivity contribution >= 4 is 38.7 Å². The monoisotopic (exact) mass is 479 g/mol. The van der Waals surface area contributed by atoms with Crippen molar-refractivity contribution in [3.05, 3.63) is 77.9 Å². The van der Waals surface area contributed by atoms with Crippen LogP contribution in [-0.2, 0) is 16.2 Å². The van der Waals surface area contributed by atoms with Gasteiger partial charge in [0.15, 0.2) is 0 Å². The highest BCUT2D eigenvalue weighted by molar-refractivity contribution is 7.92. The first-order chi connectivity index (χ1) is 15.5. The van der Waals surface area contributed by atoms with Crippen LogP contribution < -0.4 is 20.1 Å². The second kappa shape index (κ2) is 9.41. The molecule has 0 saturated carbocycles. The van der Waals surface area contributed by atoms with Crippen LogP contribution in [0.4, 0.5) is 35.9 Å². The van der Waals surface area contributed by atoms with Crippen molar-refractivity contribution in [1.82, 2.24) is 0 Å². The summed E-state index contributed by atoms with van der Waals surface area (Å²) in [6.45, 7) is 0. The van der Waals surface area contributed by atoms with E-state index in [1.807, 2.05) is 0 Å². The second-order valence-electron chi connectivity index (χ2n) is 6.99. The highest BCUT2D eigenvalue weighted by Gasteiger charge is 2.30. The van der Waals surface area contributed by atoms with Gasteiger partial charge in [-0.2, -0.15) is 13.2 Å². The van der Waals surface area contributed by atoms with Crippen LogP contribution in [0.15, 0.2) is 66.7 Å². The lowest BCUT2D eigenvalue weighted by Gasteiger charge is -2.15. The third kappa shape index (κ3) is 6.39. The first-order valence-electron chi connectivity index (χ1n) is 9.47. The molecule has 0 aliphatic rings. The topological polar surface area (TPSA) is 96.5 Å². The van der Waals surface area contributed by atoms with Gasteiger partial charge in [-0.1, -0.05) is 18.2 Å². The number of sulfonamides is 1. The summed E-state index contributed by atoms with van der Waals surface area (Å²) >= 11 is 0. The van der Waals surface area contributed by atoms with Crippen LogP contribution in [0.2, 0.25) is 0 Å². The van der Waals surface area contributed by atoms with E-state index in [9.17, 15) is 26.4 Å². The molecule has 0 spiro atoms. The number of carbonyl (C=O) groups excluding carboxylic acids is 1. The molecule has 0 radical (unpaired) electrons. The van der Waals surface area contributed by atoms with Gasteiger partial charge in [0.1, 0.15) is 5.75 Å². The number of hydrogen-bond acceptors (Lipinski definition) is 5. The quantitative estimate of drug-likeness (QED) is 0.439. The van der Waals surface area contributed by atoms with Crippen LogP contribution in [0.5, 0.6) is 5.75 Å². The molecule has 0 unspecified atom stereocenters. The SMILES string of the molecule is COc1cc(NC(=O)c2ccccc2Nc2cccc(C(F)(F)F)c2)ccc1NS(C)(=O)=O. The van der Waals surface area contributed by atoms with Crippen molar-refractivity contribution in [3.63, 3.8) is 0 Å². The zero-order valence-corrected chi connectivity index (χ0v) is 18.3. The zero-order valence-electron chi connectivity index (χ0n) is 17.5. The van der Waals surface area contributed by atoms with Gasteiger partial charge < -0.3 is 15.4 Å². The number of ether oxygens (including phenoxy) is 1. The van der Waals surface area contributed by atoms with E-state index >= 15 is 0 Å². The van der Waals surface area contributed by atoms with Crippen molar-refractivity contribution in [1.29, 1.82) is 0 Å². The van der Waals surface area contributed by atoms with Crippen LogP contribution in [0.25, 0.3) is 0 Å². The minimum Gasteiger partial charge on any atom is -0.494 e. The predicted octanol–water partition coefficient (Wildman–Crippen LogP) is 5.08. The van der Waals surface area contributed by atoms with Crippen molar-refractivity contribution in [2.24, 2.45) is 0 Å². The number of amides is 1. The summed E-state index contributed by atoms with van der Waals surface area (Å²) in [6, 6.07) is 15.3. The molecule has 3 aromatic rings. The molecule has 3 rings (SSSR count). The molecular formula is C22H20F3N3O4S. The van der Waals surface area contributed by atoms with E-state index in [0.717, 1.165) is 18.4 Å². The van der Waals surface area contributed by atoms with Gasteiger partial charge >= 0.3 is 6.18 Å². The molecule has 0 bridgehead atoms. The highest BCUT2D eigenvalue weighted by atomic mass is 32.2. The maximum Gasteiger partial charge on any atom is 0.416 e. The van der Waals surface area contributed by atoms with E-state index in [4.69, 9.17) is 4.74 Å². The largest absolute Gasteiger partial charge is 0.494 e. The summed E-state index contributed by atoms with van der Waals surface area (Å²) < 4.78 is 69.4. The van der Waals surface area contributed by atoms with Crippen molar-refractivity contribution in [2.75, 3.05) is 28.7 Å². The number of alkyl halides is 3. The summed E-state index contributed by atoms with van der Waals surface area (Å²) in [5, 5.41) is 5.52. The number of rotatable bonds is 7. The van der Waals surface area contributed by atoms with Gasteiger partial charge in [0.25, 0.3) is 5.91 Å². The number of carbonyl (C=O) groups is 1. The number of nitrogens with one attached hydrogen (secondary N) is 3. The average molecular weight is 479 g/mol. The van der Waals surface area contributed by atoms with Crippen molar-refractivity contribution in [3.8, 4) is 5.75 Å². The summed E-state index contributed by atoms with van der Waals surface area (Å²) in [5.74, 6) is -0.343. The maximum absolute atomic E-state index is 13.0. The van der Waals surface area contributed by atoms with E-state index < -0.39 is 27.7 Å². The summed E-state index contributed by atoms with van der Waals surface area (Å²) in [5.41, 5.74) is 0.366. The molecule has 0 fully saturated rings. The Balaban J connectivity index is 1.84. The minimum absolute atomic E-state index is 0.169. The number of anilines is 4. The Hall–Kier alpha value is -3.73. The zero-order chi connectivity index (χ0) is 24.2. The molecule has 0 aromatic heterocycles. The van der Waals surface area contributed by atoms with Crippen LogP contribution in [0.3, 0.4) is 0 Å². The Morgan fingerprint density at radius 3 is 2.30 bits per heavy atom. The molecule has 0 aliphatic carbocycles. The first-order valence-corrected chi connectivity index (χ1v) is 11.4. The standard InChI is InChI=1S/C22H20F3N3O4S/c1-32-20-13-16(10-11-19(20)28-33(2,30)31)27-21(29)17-8-3-4-9-18(17)26-15-7-5-6-14(12-15)22(23,24)25/h3-13,26,28H,1-2H3,(H,27,29). The van der Waals surface area contributed by atoms with Gasteiger partial charge in [0.05, 0.1) is 35.9 Å². The van der Waals surface area contributed by atoms with Crippen molar-refractivity contribution in [2.45, 2.75) is 6.18 Å². The molecular weight excluding hydrogens is 459 g/mol. The van der Waals surface area contributed by atoms with Crippen LogP contribution >= 0.6 is 0 Å². The van der Waals surface area contributed by atoms with Gasteiger partial charge in [-0.15, -0.1) is 0 Å². The van der Waals surface area contributed by atoms with E-state index in [0.29, 0.717) is 11.4 Å². The molecule has 33 heavy (non-hydrogen) atoms. The normalized spacial score (nSPS) is 11.5. The summed E-state index contributed by atoms with van der Waals surface area (Å²) in [4.78, 5) is 12.9. The molecule has 0 aliphatic heterocycles. The first kappa shape index (κ1) is 23.9. The fraction of sp³-hybridized carbons (Fsp3) is 0.136. The van der Waals surface area contributed by atoms with E-state index in [-0.39, 0.29) is 22.7 Å². The predicted molar refractivity (Wildman–Crippen MR) is 121 cm³/mol. The van der Waals surface area contributed by atoms with Crippen LogP contribution in [0, 0.1) is 0 Å². The molecule has 174 valence electrons. The Labute approximate surface area is 188 Å². The maximum atomic E-state index is 13.0. The molecule has 1 amide bonds. The number of benzene rings is 3. The molecule has 0 heterocycles.